The molecular weight excluding hydrogens is 609 g/mol. The molecular formula is Sb5. The summed E-state index contributed by atoms with van der Waals surface area (Å²) in [5.41, 5.74) is 0. The Balaban J connectivity index is -0.0000000133. The van der Waals surface area contributed by atoms with Crippen molar-refractivity contribution in [3.05, 3.63) is 0 Å². The van der Waals surface area contributed by atoms with E-state index in [2.05, 4.69) is 0 Å². The Morgan fingerprint density at radius 3 is 0.600 bits per heavy atom. The van der Waals surface area contributed by atoms with Crippen LogP contribution < -0.4 is 0 Å². The maximum absolute atomic E-state index is 1.80. The average Bonchev–Trinajstić information content (AvgIpc) is 1.50. The molecule has 0 aliphatic rings. The van der Waals surface area contributed by atoms with Crippen LogP contribution in [0.2, 0.25) is 0 Å². The average molecular weight is 609 g/mol. The predicted octanol–water partition coefficient (Wildman–Crippen LogP) is -1.90. The van der Waals surface area contributed by atoms with Crippen LogP contribution in [-0.4, -0.2) is 97.4 Å². The summed E-state index contributed by atoms with van der Waals surface area (Å²) in [6, 6.07) is 0. The second-order valence-electron chi connectivity index (χ2n) is 0. The molecule has 0 aromatic heterocycles. The van der Waals surface area contributed by atoms with Crippen LogP contribution in [0, 0.1) is 0 Å². The van der Waals surface area contributed by atoms with E-state index >= 15 is 0 Å². The van der Waals surface area contributed by atoms with Gasteiger partial charge in [0, 0.05) is 24.4 Å². The third-order valence-electron chi connectivity index (χ3n) is 0. The van der Waals surface area contributed by atoms with E-state index in [1.807, 2.05) is 0 Å². The van der Waals surface area contributed by atoms with Gasteiger partial charge in [-0.05, 0) is 0 Å². The van der Waals surface area contributed by atoms with E-state index in [1.54, 1.807) is 73.0 Å². The maximum atomic E-state index is 1.80. The van der Waals surface area contributed by atoms with E-state index < -0.39 is 0 Å². The molecule has 0 bridgehead atoms. The first-order chi connectivity index (χ1) is 2.00. The van der Waals surface area contributed by atoms with Gasteiger partial charge in [-0.15, -0.1) is 0 Å². The van der Waals surface area contributed by atoms with Crippen LogP contribution in [0.25, 0.3) is 0 Å². The fraction of sp³-hybridized carbons (Fsp3) is 0. The van der Waals surface area contributed by atoms with Gasteiger partial charge in [0.15, 0.2) is 0 Å². The van der Waals surface area contributed by atoms with Crippen LogP contribution in [0.15, 0.2) is 0 Å². The van der Waals surface area contributed by atoms with Crippen LogP contribution in [0.1, 0.15) is 0 Å². The minimum atomic E-state index is 0. The zero-order valence-electron chi connectivity index (χ0n) is 2.24. The molecule has 0 amide bonds. The number of rotatable bonds is 0. The molecule has 0 heterocycles. The van der Waals surface area contributed by atoms with Gasteiger partial charge in [-0.3, -0.25) is 0 Å². The minimum absolute atomic E-state index is 0. The molecule has 5 heteroatoms. The first-order valence-corrected chi connectivity index (χ1v) is 18.0. The van der Waals surface area contributed by atoms with E-state index in [9.17, 15) is 0 Å². The zero-order chi connectivity index (χ0) is 4.00. The second-order valence-corrected chi connectivity index (χ2v) is 0. The zero-order valence-corrected chi connectivity index (χ0v) is 15.0. The van der Waals surface area contributed by atoms with Gasteiger partial charge in [0.1, 0.15) is 0 Å². The summed E-state index contributed by atoms with van der Waals surface area (Å²) >= 11 is 7.20. The Bertz CT molecular complexity index is 2.00. The van der Waals surface area contributed by atoms with E-state index in [1.165, 1.54) is 0 Å². The van der Waals surface area contributed by atoms with E-state index in [0.29, 0.717) is 0 Å². The van der Waals surface area contributed by atoms with E-state index in [0.717, 1.165) is 0 Å². The summed E-state index contributed by atoms with van der Waals surface area (Å²) in [5.74, 6) is 0. The molecule has 5 heavy (non-hydrogen) atoms. The standard InChI is InChI=1S/5Sb. The molecule has 0 fully saturated rings. The van der Waals surface area contributed by atoms with E-state index in [-0.39, 0.29) is 24.4 Å². The molecule has 0 saturated carbocycles. The number of hydrogen-bond donors (Lipinski definition) is 0. The van der Waals surface area contributed by atoms with Gasteiger partial charge < -0.3 is 0 Å². The number of hydrogen-bond acceptors (Lipinski definition) is 0. The Labute approximate surface area is 94.5 Å². The van der Waals surface area contributed by atoms with Crippen molar-refractivity contribution in [2.75, 3.05) is 0 Å². The third-order valence-corrected chi connectivity index (χ3v) is 0. The van der Waals surface area contributed by atoms with Crippen molar-refractivity contribution in [3.8, 4) is 0 Å². The third kappa shape index (κ3) is 17.9. The van der Waals surface area contributed by atoms with Crippen molar-refractivity contribution in [3.63, 3.8) is 0 Å². The molecule has 0 aliphatic carbocycles. The van der Waals surface area contributed by atoms with Gasteiger partial charge in [-0.2, -0.15) is 0 Å². The Kier molecular flexibility index (Phi) is 78.0. The SMILES string of the molecule is [Sb].[Sb]=[Sb].[Sb]=[Sb]. The molecule has 0 aliphatic heterocycles. The van der Waals surface area contributed by atoms with Gasteiger partial charge in [0.25, 0.3) is 0 Å². The van der Waals surface area contributed by atoms with Gasteiger partial charge >= 0.3 is 73.0 Å². The summed E-state index contributed by atoms with van der Waals surface area (Å²) in [5, 5.41) is 0. The normalized spacial score (nSPS) is 1.60. The quantitative estimate of drug-likeness (QED) is 0.282. The summed E-state index contributed by atoms with van der Waals surface area (Å²) in [7, 11) is 0. The molecule has 0 nitrogen and oxygen atoms in total. The molecule has 0 unspecified atom stereocenters. The summed E-state index contributed by atoms with van der Waals surface area (Å²) in [6.07, 6.45) is 0. The Morgan fingerprint density at radius 1 is 0.600 bits per heavy atom. The predicted molar refractivity (Wildman–Crippen MR) is 28.8 cm³/mol. The molecule has 0 spiro atoms. The molecule has 0 aromatic carbocycles. The first kappa shape index (κ1) is 16.0. The summed E-state index contributed by atoms with van der Waals surface area (Å²) in [6.45, 7) is 0. The molecule has 0 N–H and O–H groups in total. The van der Waals surface area contributed by atoms with Gasteiger partial charge in [0.2, 0.25) is 0 Å². The fourth-order valence-corrected chi connectivity index (χ4v) is 0. The van der Waals surface area contributed by atoms with Crippen LogP contribution in [0.4, 0.5) is 0 Å². The van der Waals surface area contributed by atoms with Crippen LogP contribution in [0.5, 0.6) is 0 Å². The summed E-state index contributed by atoms with van der Waals surface area (Å²) < 4.78 is 0. The fourth-order valence-electron chi connectivity index (χ4n) is 0. The van der Waals surface area contributed by atoms with Crippen molar-refractivity contribution in [1.82, 2.24) is 0 Å². The molecule has 7 radical (unpaired) electrons. The molecule has 25 valence electrons. The van der Waals surface area contributed by atoms with Gasteiger partial charge in [-0.1, -0.05) is 0 Å². The molecule has 0 saturated heterocycles. The van der Waals surface area contributed by atoms with E-state index in [4.69, 9.17) is 0 Å². The van der Waals surface area contributed by atoms with Crippen molar-refractivity contribution in [2.24, 2.45) is 0 Å². The Morgan fingerprint density at radius 2 is 0.600 bits per heavy atom. The molecule has 0 rings (SSSR count). The molecule has 0 atom stereocenters. The van der Waals surface area contributed by atoms with Gasteiger partial charge in [-0.25, -0.2) is 0 Å². The second kappa shape index (κ2) is 24.3. The van der Waals surface area contributed by atoms with Crippen molar-refractivity contribution < 1.29 is 0 Å². The van der Waals surface area contributed by atoms with Crippen LogP contribution in [-0.2, 0) is 0 Å². The van der Waals surface area contributed by atoms with Crippen LogP contribution in [0.3, 0.4) is 0 Å². The summed E-state index contributed by atoms with van der Waals surface area (Å²) in [4.78, 5) is 0. The van der Waals surface area contributed by atoms with Crippen molar-refractivity contribution >= 4 is 97.4 Å². The van der Waals surface area contributed by atoms with Crippen molar-refractivity contribution in [1.29, 1.82) is 0 Å². The van der Waals surface area contributed by atoms with Crippen molar-refractivity contribution in [2.45, 2.75) is 0 Å². The Hall–Kier alpha value is 4.09. The monoisotopic (exact) mass is 605 g/mol. The topological polar surface area (TPSA) is 0 Å². The molecule has 0 aromatic rings. The first-order valence-electron chi connectivity index (χ1n) is 0.400. The van der Waals surface area contributed by atoms with Gasteiger partial charge in [0.05, 0.1) is 0 Å². The van der Waals surface area contributed by atoms with Crippen LogP contribution >= 0.6 is 0 Å².